The van der Waals surface area contributed by atoms with Gasteiger partial charge in [0.05, 0.1) is 0 Å². The third kappa shape index (κ3) is 2.74. The van der Waals surface area contributed by atoms with Crippen molar-refractivity contribution in [1.82, 2.24) is 4.90 Å². The fourth-order valence-corrected chi connectivity index (χ4v) is 2.54. The van der Waals surface area contributed by atoms with E-state index in [4.69, 9.17) is 0 Å². The number of hydrogen-bond acceptors (Lipinski definition) is 2. The van der Waals surface area contributed by atoms with Crippen LogP contribution >= 0.6 is 11.3 Å². The van der Waals surface area contributed by atoms with E-state index in [0.717, 1.165) is 0 Å². The Morgan fingerprint density at radius 1 is 1.24 bits per heavy atom. The molecular formula is C14H15NOS. The normalized spacial score (nSPS) is 10.2. The van der Waals surface area contributed by atoms with Crippen LogP contribution in [0.1, 0.15) is 12.5 Å². The first kappa shape index (κ1) is 11.9. The van der Waals surface area contributed by atoms with E-state index in [2.05, 4.69) is 22.9 Å². The van der Waals surface area contributed by atoms with Crippen LogP contribution in [0.25, 0.3) is 11.1 Å². The molecule has 2 nitrogen and oxygen atoms in total. The van der Waals surface area contributed by atoms with Crippen molar-refractivity contribution in [2.45, 2.75) is 13.5 Å². The predicted octanol–water partition coefficient (Wildman–Crippen LogP) is 3.39. The van der Waals surface area contributed by atoms with Gasteiger partial charge in [-0.1, -0.05) is 30.3 Å². The molecule has 0 aliphatic carbocycles. The van der Waals surface area contributed by atoms with E-state index in [0.29, 0.717) is 6.54 Å². The number of amides is 1. The van der Waals surface area contributed by atoms with Gasteiger partial charge in [0.2, 0.25) is 5.91 Å². The molecule has 2 rings (SSSR count). The Morgan fingerprint density at radius 3 is 2.59 bits per heavy atom. The van der Waals surface area contributed by atoms with E-state index >= 15 is 0 Å². The molecule has 1 aromatic heterocycles. The van der Waals surface area contributed by atoms with Crippen LogP contribution < -0.4 is 0 Å². The molecule has 0 N–H and O–H groups in total. The van der Waals surface area contributed by atoms with E-state index in [9.17, 15) is 4.79 Å². The van der Waals surface area contributed by atoms with E-state index in [1.54, 1.807) is 23.2 Å². The Balaban J connectivity index is 2.26. The Kier molecular flexibility index (Phi) is 3.59. The zero-order valence-electron chi connectivity index (χ0n) is 10.0. The molecule has 1 aromatic carbocycles. The Bertz CT molecular complexity index is 504. The van der Waals surface area contributed by atoms with Gasteiger partial charge in [-0.2, -0.15) is 11.3 Å². The maximum absolute atomic E-state index is 11.2. The highest BCUT2D eigenvalue weighted by atomic mass is 32.1. The van der Waals surface area contributed by atoms with Crippen molar-refractivity contribution in [3.8, 4) is 11.1 Å². The second kappa shape index (κ2) is 5.15. The lowest BCUT2D eigenvalue weighted by Crippen LogP contribution is -2.22. The van der Waals surface area contributed by atoms with E-state index in [-0.39, 0.29) is 5.91 Å². The fraction of sp³-hybridized carbons (Fsp3) is 0.214. The molecule has 0 bridgehead atoms. The first-order valence-corrected chi connectivity index (χ1v) is 6.45. The quantitative estimate of drug-likeness (QED) is 0.811. The van der Waals surface area contributed by atoms with Gasteiger partial charge in [-0.05, 0) is 27.5 Å². The van der Waals surface area contributed by atoms with Crippen molar-refractivity contribution in [1.29, 1.82) is 0 Å². The summed E-state index contributed by atoms with van der Waals surface area (Å²) in [4.78, 5) is 13.0. The minimum atomic E-state index is 0.0928. The van der Waals surface area contributed by atoms with Crippen molar-refractivity contribution >= 4 is 17.2 Å². The third-order valence-electron chi connectivity index (χ3n) is 2.77. The lowest BCUT2D eigenvalue weighted by atomic mass is 10.0. The molecule has 0 aliphatic rings. The summed E-state index contributed by atoms with van der Waals surface area (Å²) in [6.45, 7) is 2.26. The van der Waals surface area contributed by atoms with Crippen molar-refractivity contribution in [3.63, 3.8) is 0 Å². The predicted molar refractivity (Wildman–Crippen MR) is 71.9 cm³/mol. The molecule has 0 fully saturated rings. The van der Waals surface area contributed by atoms with Gasteiger partial charge in [0.15, 0.2) is 0 Å². The number of nitrogens with zero attached hydrogens (tertiary/aromatic N) is 1. The lowest BCUT2D eigenvalue weighted by molar-refractivity contribution is -0.128. The zero-order chi connectivity index (χ0) is 12.3. The van der Waals surface area contributed by atoms with Crippen molar-refractivity contribution in [3.05, 3.63) is 46.7 Å². The molecule has 0 aliphatic heterocycles. The topological polar surface area (TPSA) is 20.3 Å². The maximum Gasteiger partial charge on any atom is 0.219 e. The number of rotatable bonds is 3. The molecule has 2 aromatic rings. The molecule has 0 radical (unpaired) electrons. The van der Waals surface area contributed by atoms with Crippen LogP contribution in [0.4, 0.5) is 0 Å². The number of hydrogen-bond donors (Lipinski definition) is 0. The van der Waals surface area contributed by atoms with Gasteiger partial charge in [-0.3, -0.25) is 4.79 Å². The summed E-state index contributed by atoms with van der Waals surface area (Å²) in [5.74, 6) is 0.0928. The third-order valence-corrected chi connectivity index (χ3v) is 3.56. The number of carbonyl (C=O) groups excluding carboxylic acids is 1. The molecule has 0 saturated carbocycles. The van der Waals surface area contributed by atoms with Crippen LogP contribution in [-0.2, 0) is 11.3 Å². The van der Waals surface area contributed by atoms with Gasteiger partial charge in [0.1, 0.15) is 0 Å². The van der Waals surface area contributed by atoms with Crippen LogP contribution in [-0.4, -0.2) is 17.9 Å². The molecule has 0 saturated heterocycles. The molecule has 17 heavy (non-hydrogen) atoms. The first-order valence-electron chi connectivity index (χ1n) is 5.50. The van der Waals surface area contributed by atoms with Crippen LogP contribution in [0, 0.1) is 0 Å². The molecule has 3 heteroatoms. The van der Waals surface area contributed by atoms with Gasteiger partial charge in [-0.15, -0.1) is 0 Å². The standard InChI is InChI=1S/C14H15NOS/c1-11(16)15(2)8-13-9-17-10-14(13)12-6-4-3-5-7-12/h3-7,9-10H,8H2,1-2H3. The minimum absolute atomic E-state index is 0.0928. The molecule has 1 amide bonds. The summed E-state index contributed by atoms with van der Waals surface area (Å²) < 4.78 is 0. The number of carbonyl (C=O) groups is 1. The monoisotopic (exact) mass is 245 g/mol. The molecular weight excluding hydrogens is 230 g/mol. The number of thiophene rings is 1. The second-order valence-electron chi connectivity index (χ2n) is 4.05. The van der Waals surface area contributed by atoms with Gasteiger partial charge in [-0.25, -0.2) is 0 Å². The summed E-state index contributed by atoms with van der Waals surface area (Å²) in [7, 11) is 1.83. The first-order chi connectivity index (χ1) is 8.18. The van der Waals surface area contributed by atoms with E-state index in [1.165, 1.54) is 16.7 Å². The number of benzene rings is 1. The summed E-state index contributed by atoms with van der Waals surface area (Å²) in [6, 6.07) is 10.3. The lowest BCUT2D eigenvalue weighted by Gasteiger charge is -2.15. The molecule has 0 spiro atoms. The summed E-state index contributed by atoms with van der Waals surface area (Å²) >= 11 is 1.68. The van der Waals surface area contributed by atoms with Crippen molar-refractivity contribution < 1.29 is 4.79 Å². The van der Waals surface area contributed by atoms with Gasteiger partial charge in [0.25, 0.3) is 0 Å². The molecule has 1 heterocycles. The molecule has 0 unspecified atom stereocenters. The smallest absolute Gasteiger partial charge is 0.219 e. The highest BCUT2D eigenvalue weighted by Gasteiger charge is 2.09. The highest BCUT2D eigenvalue weighted by molar-refractivity contribution is 7.08. The maximum atomic E-state index is 11.2. The zero-order valence-corrected chi connectivity index (χ0v) is 10.8. The minimum Gasteiger partial charge on any atom is -0.342 e. The Labute approximate surface area is 106 Å². The van der Waals surface area contributed by atoms with Crippen LogP contribution in [0.15, 0.2) is 41.1 Å². The summed E-state index contributed by atoms with van der Waals surface area (Å²) in [6.07, 6.45) is 0. The van der Waals surface area contributed by atoms with Crippen molar-refractivity contribution in [2.75, 3.05) is 7.05 Å². The fourth-order valence-electron chi connectivity index (χ4n) is 1.68. The van der Waals surface area contributed by atoms with Gasteiger partial charge < -0.3 is 4.90 Å². The largest absolute Gasteiger partial charge is 0.342 e. The molecule has 0 atom stereocenters. The van der Waals surface area contributed by atoms with Crippen LogP contribution in [0.3, 0.4) is 0 Å². The van der Waals surface area contributed by atoms with Crippen LogP contribution in [0.5, 0.6) is 0 Å². The average Bonchev–Trinajstić information content (AvgIpc) is 2.78. The Hall–Kier alpha value is -1.61. The van der Waals surface area contributed by atoms with Gasteiger partial charge in [0, 0.05) is 20.5 Å². The Morgan fingerprint density at radius 2 is 1.94 bits per heavy atom. The van der Waals surface area contributed by atoms with Gasteiger partial charge >= 0.3 is 0 Å². The second-order valence-corrected chi connectivity index (χ2v) is 4.80. The molecule has 88 valence electrons. The SMILES string of the molecule is CC(=O)N(C)Cc1cscc1-c1ccccc1. The summed E-state index contributed by atoms with van der Waals surface area (Å²) in [5.41, 5.74) is 3.64. The van der Waals surface area contributed by atoms with E-state index < -0.39 is 0 Å². The highest BCUT2D eigenvalue weighted by Crippen LogP contribution is 2.28. The van der Waals surface area contributed by atoms with Crippen molar-refractivity contribution in [2.24, 2.45) is 0 Å². The summed E-state index contributed by atoms with van der Waals surface area (Å²) in [5, 5.41) is 4.25. The van der Waals surface area contributed by atoms with E-state index in [1.807, 2.05) is 25.2 Å². The van der Waals surface area contributed by atoms with Crippen LogP contribution in [0.2, 0.25) is 0 Å². The average molecular weight is 245 g/mol.